The first kappa shape index (κ1) is 16.3. The summed E-state index contributed by atoms with van der Waals surface area (Å²) >= 11 is 0. The van der Waals surface area contributed by atoms with Gasteiger partial charge in [0.2, 0.25) is 0 Å². The second-order valence-corrected chi connectivity index (χ2v) is 6.13. The monoisotopic (exact) mass is 291 g/mol. The molecule has 0 radical (unpaired) electrons. The highest BCUT2D eigenvalue weighted by Crippen LogP contribution is 2.34. The van der Waals surface area contributed by atoms with Gasteiger partial charge >= 0.3 is 0 Å². The van der Waals surface area contributed by atoms with Crippen molar-refractivity contribution < 1.29 is 0 Å². The van der Waals surface area contributed by atoms with Gasteiger partial charge in [-0.15, -0.1) is 0 Å². The van der Waals surface area contributed by atoms with Crippen molar-refractivity contribution in [2.24, 2.45) is 5.92 Å². The lowest BCUT2D eigenvalue weighted by Gasteiger charge is -2.23. The Balaban J connectivity index is 2.16. The van der Waals surface area contributed by atoms with Gasteiger partial charge in [0, 0.05) is 5.92 Å². The molecular weight excluding hydrogens is 266 g/mol. The molecule has 114 valence electrons. The molecule has 22 heavy (non-hydrogen) atoms. The summed E-state index contributed by atoms with van der Waals surface area (Å²) in [5, 5.41) is 9.32. The molecule has 0 heterocycles. The topological polar surface area (TPSA) is 23.8 Å². The number of hydrogen-bond donors (Lipinski definition) is 0. The molecule has 0 aromatic heterocycles. The Bertz CT molecular complexity index is 582. The van der Waals surface area contributed by atoms with Gasteiger partial charge < -0.3 is 0 Å². The Morgan fingerprint density at radius 3 is 1.91 bits per heavy atom. The predicted molar refractivity (Wildman–Crippen MR) is 92.7 cm³/mol. The molecule has 0 aliphatic rings. The van der Waals surface area contributed by atoms with Crippen molar-refractivity contribution in [2.75, 3.05) is 0 Å². The van der Waals surface area contributed by atoms with Gasteiger partial charge in [0.05, 0.1) is 6.07 Å². The highest BCUT2D eigenvalue weighted by Gasteiger charge is 2.20. The molecule has 3 atom stereocenters. The maximum Gasteiger partial charge on any atom is 0.0655 e. The van der Waals surface area contributed by atoms with Gasteiger partial charge in [-0.2, -0.15) is 5.26 Å². The van der Waals surface area contributed by atoms with Crippen molar-refractivity contribution in [3.8, 4) is 6.07 Å². The van der Waals surface area contributed by atoms with Crippen LogP contribution in [0.3, 0.4) is 0 Å². The van der Waals surface area contributed by atoms with Crippen molar-refractivity contribution in [3.63, 3.8) is 0 Å². The van der Waals surface area contributed by atoms with Crippen LogP contribution in [0.2, 0.25) is 0 Å². The molecule has 0 aliphatic carbocycles. The third kappa shape index (κ3) is 4.46. The van der Waals surface area contributed by atoms with E-state index in [0.717, 1.165) is 19.3 Å². The van der Waals surface area contributed by atoms with Crippen molar-refractivity contribution in [1.82, 2.24) is 0 Å². The van der Waals surface area contributed by atoms with E-state index in [1.807, 2.05) is 0 Å². The molecule has 0 aliphatic heterocycles. The van der Waals surface area contributed by atoms with Crippen LogP contribution < -0.4 is 0 Å². The average Bonchev–Trinajstić information content (AvgIpc) is 2.60. The summed E-state index contributed by atoms with van der Waals surface area (Å²) in [4.78, 5) is 0. The summed E-state index contributed by atoms with van der Waals surface area (Å²) in [5.41, 5.74) is 2.74. The van der Waals surface area contributed by atoms with Crippen LogP contribution in [0.25, 0.3) is 0 Å². The fourth-order valence-corrected chi connectivity index (χ4v) is 3.09. The summed E-state index contributed by atoms with van der Waals surface area (Å²) in [5.74, 6) is 1.09. The number of nitrogens with zero attached hydrogens (tertiary/aromatic N) is 1. The van der Waals surface area contributed by atoms with E-state index in [-0.39, 0.29) is 5.92 Å². The zero-order chi connectivity index (χ0) is 15.8. The first-order valence-electron chi connectivity index (χ1n) is 8.24. The number of benzene rings is 2. The lowest BCUT2D eigenvalue weighted by molar-refractivity contribution is 0.455. The summed E-state index contributed by atoms with van der Waals surface area (Å²) in [7, 11) is 0. The minimum atomic E-state index is 0.146. The predicted octanol–water partition coefficient (Wildman–Crippen LogP) is 5.90. The molecule has 0 spiro atoms. The molecule has 0 bridgehead atoms. The van der Waals surface area contributed by atoms with Crippen molar-refractivity contribution in [3.05, 3.63) is 71.8 Å². The standard InChI is InChI=1S/C21H25N/c1-3-18(16-22)15-21(20-12-8-5-9-13-20)14-17(2)19-10-6-4-7-11-19/h4-13,17-18,21H,3,14-15H2,1-2H3. The van der Waals surface area contributed by atoms with E-state index in [4.69, 9.17) is 0 Å². The average molecular weight is 291 g/mol. The van der Waals surface area contributed by atoms with Gasteiger partial charge in [0.1, 0.15) is 0 Å². The summed E-state index contributed by atoms with van der Waals surface area (Å²) in [6.07, 6.45) is 2.97. The van der Waals surface area contributed by atoms with Gasteiger partial charge in [-0.3, -0.25) is 0 Å². The molecule has 0 saturated heterocycles. The lowest BCUT2D eigenvalue weighted by Crippen LogP contribution is -2.09. The van der Waals surface area contributed by atoms with Gasteiger partial charge in [0.25, 0.3) is 0 Å². The number of nitriles is 1. The second kappa shape index (κ2) is 8.39. The fourth-order valence-electron chi connectivity index (χ4n) is 3.09. The minimum absolute atomic E-state index is 0.146. The zero-order valence-corrected chi connectivity index (χ0v) is 13.6. The van der Waals surface area contributed by atoms with E-state index in [1.54, 1.807) is 0 Å². The van der Waals surface area contributed by atoms with Crippen molar-refractivity contribution >= 4 is 0 Å². The molecule has 0 amide bonds. The highest BCUT2D eigenvalue weighted by molar-refractivity contribution is 5.23. The quantitative estimate of drug-likeness (QED) is 0.622. The largest absolute Gasteiger partial charge is 0.198 e. The van der Waals surface area contributed by atoms with E-state index in [9.17, 15) is 5.26 Å². The summed E-state index contributed by atoms with van der Waals surface area (Å²) in [6, 6.07) is 23.8. The van der Waals surface area contributed by atoms with E-state index >= 15 is 0 Å². The molecule has 0 saturated carbocycles. The molecule has 3 unspecified atom stereocenters. The van der Waals surface area contributed by atoms with E-state index in [2.05, 4.69) is 80.6 Å². The van der Waals surface area contributed by atoms with Crippen LogP contribution in [-0.4, -0.2) is 0 Å². The Kier molecular flexibility index (Phi) is 6.22. The van der Waals surface area contributed by atoms with Crippen molar-refractivity contribution in [1.29, 1.82) is 5.26 Å². The molecule has 0 fully saturated rings. The number of rotatable bonds is 7. The first-order chi connectivity index (χ1) is 10.7. The molecular formula is C21H25N. The van der Waals surface area contributed by atoms with E-state index in [1.165, 1.54) is 11.1 Å². The fraction of sp³-hybridized carbons (Fsp3) is 0.381. The maximum atomic E-state index is 9.32. The smallest absolute Gasteiger partial charge is 0.0655 e. The van der Waals surface area contributed by atoms with Gasteiger partial charge in [-0.25, -0.2) is 0 Å². The minimum Gasteiger partial charge on any atom is -0.198 e. The normalized spacial score (nSPS) is 14.8. The van der Waals surface area contributed by atoms with Crippen LogP contribution in [0.1, 0.15) is 56.1 Å². The molecule has 2 aromatic carbocycles. The lowest BCUT2D eigenvalue weighted by atomic mass is 9.80. The third-order valence-electron chi connectivity index (χ3n) is 4.52. The molecule has 2 aromatic rings. The van der Waals surface area contributed by atoms with E-state index < -0.39 is 0 Å². The number of hydrogen-bond acceptors (Lipinski definition) is 1. The Labute approximate surface area is 134 Å². The van der Waals surface area contributed by atoms with Crippen LogP contribution in [0.5, 0.6) is 0 Å². The molecule has 1 nitrogen and oxygen atoms in total. The third-order valence-corrected chi connectivity index (χ3v) is 4.52. The highest BCUT2D eigenvalue weighted by atomic mass is 14.3. The summed E-state index contributed by atoms with van der Waals surface area (Å²) in [6.45, 7) is 4.40. The Morgan fingerprint density at radius 2 is 1.41 bits per heavy atom. The maximum absolute atomic E-state index is 9.32. The second-order valence-electron chi connectivity index (χ2n) is 6.13. The van der Waals surface area contributed by atoms with E-state index in [0.29, 0.717) is 11.8 Å². The molecule has 2 rings (SSSR count). The van der Waals surface area contributed by atoms with Crippen LogP contribution in [-0.2, 0) is 0 Å². The van der Waals surface area contributed by atoms with Crippen LogP contribution in [0.15, 0.2) is 60.7 Å². The van der Waals surface area contributed by atoms with Gasteiger partial charge in [-0.05, 0) is 42.2 Å². The van der Waals surface area contributed by atoms with Crippen molar-refractivity contribution in [2.45, 2.75) is 44.9 Å². The summed E-state index contributed by atoms with van der Waals surface area (Å²) < 4.78 is 0. The van der Waals surface area contributed by atoms with Crippen LogP contribution >= 0.6 is 0 Å². The Morgan fingerprint density at radius 1 is 0.864 bits per heavy atom. The van der Waals surface area contributed by atoms with Gasteiger partial charge in [0.15, 0.2) is 0 Å². The van der Waals surface area contributed by atoms with Crippen LogP contribution in [0.4, 0.5) is 0 Å². The molecule has 1 heteroatoms. The SMILES string of the molecule is CCC(C#N)CC(CC(C)c1ccccc1)c1ccccc1. The molecule has 0 N–H and O–H groups in total. The first-order valence-corrected chi connectivity index (χ1v) is 8.24. The van der Waals surface area contributed by atoms with Gasteiger partial charge in [-0.1, -0.05) is 74.5 Å². The zero-order valence-electron chi connectivity index (χ0n) is 13.6. The van der Waals surface area contributed by atoms with Crippen LogP contribution in [0, 0.1) is 17.2 Å². The Hall–Kier alpha value is -2.07.